The molecule has 1 heterocycles. The molecule has 0 aromatic heterocycles. The number of rotatable bonds is 3. The van der Waals surface area contributed by atoms with E-state index in [1.54, 1.807) is 0 Å². The lowest BCUT2D eigenvalue weighted by molar-refractivity contribution is -0.112. The highest BCUT2D eigenvalue weighted by molar-refractivity contribution is 6.01. The maximum atomic E-state index is 11.9. The molecular weight excluding hydrogens is 264 g/mol. The van der Waals surface area contributed by atoms with Gasteiger partial charge in [-0.3, -0.25) is 4.79 Å². The van der Waals surface area contributed by atoms with Crippen LogP contribution in [0.15, 0.2) is 77.4 Å². The van der Waals surface area contributed by atoms with Gasteiger partial charge in [0.15, 0.2) is 0 Å². The number of nitrogens with one attached hydrogen (secondary N) is 1. The highest BCUT2D eigenvalue weighted by Gasteiger charge is 2.15. The first-order valence-corrected chi connectivity index (χ1v) is 6.65. The summed E-state index contributed by atoms with van der Waals surface area (Å²) < 4.78 is 5.50. The molecule has 0 saturated heterocycles. The van der Waals surface area contributed by atoms with E-state index in [2.05, 4.69) is 10.3 Å². The lowest BCUT2D eigenvalue weighted by Crippen LogP contribution is -2.08. The molecule has 1 aliphatic rings. The summed E-state index contributed by atoms with van der Waals surface area (Å²) in [5.74, 6) is 0.340. The molecule has 4 heteroatoms. The number of anilines is 1. The highest BCUT2D eigenvalue weighted by Crippen LogP contribution is 2.15. The summed E-state index contributed by atoms with van der Waals surface area (Å²) in [5.41, 5.74) is 2.28. The topological polar surface area (TPSA) is 50.7 Å². The van der Waals surface area contributed by atoms with Crippen molar-refractivity contribution in [1.82, 2.24) is 0 Å². The van der Waals surface area contributed by atoms with E-state index in [4.69, 9.17) is 4.74 Å². The molecule has 0 atom stereocenters. The van der Waals surface area contributed by atoms with E-state index in [0.717, 1.165) is 11.3 Å². The first-order chi connectivity index (χ1) is 10.3. The molecule has 1 N–H and O–H groups in total. The molecule has 0 fully saturated rings. The zero-order valence-electron chi connectivity index (χ0n) is 11.3. The van der Waals surface area contributed by atoms with Crippen molar-refractivity contribution in [2.45, 2.75) is 0 Å². The fourth-order valence-corrected chi connectivity index (χ4v) is 1.99. The second kappa shape index (κ2) is 6.05. The van der Waals surface area contributed by atoms with Crippen LogP contribution in [0.25, 0.3) is 0 Å². The van der Waals surface area contributed by atoms with Crippen LogP contribution in [-0.4, -0.2) is 18.4 Å². The Balaban J connectivity index is 1.70. The van der Waals surface area contributed by atoms with Gasteiger partial charge in [-0.1, -0.05) is 36.4 Å². The van der Waals surface area contributed by atoms with Gasteiger partial charge in [0.1, 0.15) is 6.61 Å². The predicted octanol–water partition coefficient (Wildman–Crippen LogP) is 2.99. The Kier molecular flexibility index (Phi) is 3.78. The molecule has 0 radical (unpaired) electrons. The molecule has 21 heavy (non-hydrogen) atoms. The molecule has 4 nitrogen and oxygen atoms in total. The number of amides is 1. The van der Waals surface area contributed by atoms with Gasteiger partial charge in [0.05, 0.1) is 5.70 Å². The van der Waals surface area contributed by atoms with Crippen molar-refractivity contribution in [2.75, 3.05) is 11.9 Å². The Hall–Kier alpha value is -2.88. The van der Waals surface area contributed by atoms with E-state index in [9.17, 15) is 4.79 Å². The number of para-hydroxylation sites is 1. The van der Waals surface area contributed by atoms with Crippen LogP contribution in [0.4, 0.5) is 5.69 Å². The van der Waals surface area contributed by atoms with Crippen molar-refractivity contribution in [3.8, 4) is 0 Å². The van der Waals surface area contributed by atoms with Gasteiger partial charge in [0, 0.05) is 17.3 Å². The third-order valence-electron chi connectivity index (χ3n) is 2.96. The average Bonchev–Trinajstić information content (AvgIpc) is 2.97. The summed E-state index contributed by atoms with van der Waals surface area (Å²) in [7, 11) is 0. The zero-order chi connectivity index (χ0) is 14.5. The van der Waals surface area contributed by atoms with Crippen molar-refractivity contribution in [3.63, 3.8) is 0 Å². The van der Waals surface area contributed by atoms with Crippen molar-refractivity contribution >= 4 is 17.5 Å². The van der Waals surface area contributed by atoms with Crippen molar-refractivity contribution in [1.29, 1.82) is 0 Å². The number of aliphatic imine (C=N–C) groups is 1. The fourth-order valence-electron chi connectivity index (χ4n) is 1.99. The Labute approximate surface area is 122 Å². The fraction of sp³-hybridized carbons (Fsp3) is 0.0588. The predicted molar refractivity (Wildman–Crippen MR) is 82.1 cm³/mol. The minimum atomic E-state index is -0.210. The number of carbonyl (C=O) groups excluding carboxylic acids is 1. The van der Waals surface area contributed by atoms with Gasteiger partial charge in [-0.2, -0.15) is 0 Å². The van der Waals surface area contributed by atoms with Crippen LogP contribution in [-0.2, 0) is 9.53 Å². The first-order valence-electron chi connectivity index (χ1n) is 6.65. The maximum absolute atomic E-state index is 11.9. The van der Waals surface area contributed by atoms with E-state index in [1.807, 2.05) is 60.7 Å². The highest BCUT2D eigenvalue weighted by atomic mass is 16.5. The van der Waals surface area contributed by atoms with Crippen LogP contribution in [0, 0.1) is 0 Å². The molecule has 0 bridgehead atoms. The normalized spacial score (nSPS) is 15.4. The van der Waals surface area contributed by atoms with Crippen LogP contribution in [0.5, 0.6) is 0 Å². The van der Waals surface area contributed by atoms with E-state index < -0.39 is 0 Å². The lowest BCUT2D eigenvalue weighted by Gasteiger charge is -2.00. The van der Waals surface area contributed by atoms with Gasteiger partial charge >= 0.3 is 0 Å². The summed E-state index contributed by atoms with van der Waals surface area (Å²) in [6.45, 7) is 0.312. The average molecular weight is 278 g/mol. The first kappa shape index (κ1) is 13.1. The molecule has 0 aliphatic carbocycles. The van der Waals surface area contributed by atoms with Crippen LogP contribution < -0.4 is 5.32 Å². The number of hydrogen-bond donors (Lipinski definition) is 1. The van der Waals surface area contributed by atoms with Crippen molar-refractivity contribution in [3.05, 3.63) is 78.0 Å². The third-order valence-corrected chi connectivity index (χ3v) is 2.96. The van der Waals surface area contributed by atoms with Gasteiger partial charge in [0.25, 0.3) is 0 Å². The quantitative estimate of drug-likeness (QED) is 0.877. The van der Waals surface area contributed by atoms with Crippen LogP contribution in [0.3, 0.4) is 0 Å². The molecule has 0 unspecified atom stereocenters. The van der Waals surface area contributed by atoms with Crippen molar-refractivity contribution < 1.29 is 9.53 Å². The standard InChI is InChI=1S/C17H14N2O2/c20-16(18-14-9-5-2-6-10-14)11-15-12-21-17(19-15)13-7-3-1-4-8-13/h1-11H,12H2,(H,18,20)/b15-11+. The third kappa shape index (κ3) is 3.36. The summed E-state index contributed by atoms with van der Waals surface area (Å²) in [4.78, 5) is 16.2. The number of hydrogen-bond acceptors (Lipinski definition) is 3. The monoisotopic (exact) mass is 278 g/mol. The molecule has 0 saturated carbocycles. The summed E-state index contributed by atoms with van der Waals surface area (Å²) in [6, 6.07) is 18.9. The Morgan fingerprint density at radius 2 is 1.71 bits per heavy atom. The largest absolute Gasteiger partial charge is 0.471 e. The SMILES string of the molecule is O=C(/C=C1\COC(c2ccccc2)=N1)Nc1ccccc1. The molecule has 3 rings (SSSR count). The summed E-state index contributed by atoms with van der Waals surface area (Å²) >= 11 is 0. The summed E-state index contributed by atoms with van der Waals surface area (Å²) in [5, 5.41) is 2.78. The lowest BCUT2D eigenvalue weighted by atomic mass is 10.2. The van der Waals surface area contributed by atoms with Gasteiger partial charge < -0.3 is 10.1 Å². The minimum absolute atomic E-state index is 0.210. The maximum Gasteiger partial charge on any atom is 0.250 e. The van der Waals surface area contributed by atoms with Gasteiger partial charge in [-0.05, 0) is 24.3 Å². The second-order valence-corrected chi connectivity index (χ2v) is 4.56. The number of nitrogens with zero attached hydrogens (tertiary/aromatic N) is 1. The summed E-state index contributed by atoms with van der Waals surface area (Å²) in [6.07, 6.45) is 1.46. The van der Waals surface area contributed by atoms with E-state index in [-0.39, 0.29) is 5.91 Å². The van der Waals surface area contributed by atoms with Crippen LogP contribution in [0.1, 0.15) is 5.56 Å². The number of ether oxygens (including phenoxy) is 1. The molecule has 2 aromatic rings. The van der Waals surface area contributed by atoms with E-state index in [0.29, 0.717) is 18.2 Å². The zero-order valence-corrected chi connectivity index (χ0v) is 11.3. The van der Waals surface area contributed by atoms with Gasteiger partial charge in [-0.25, -0.2) is 4.99 Å². The van der Waals surface area contributed by atoms with Crippen LogP contribution in [0.2, 0.25) is 0 Å². The smallest absolute Gasteiger partial charge is 0.250 e. The molecule has 1 amide bonds. The molecular formula is C17H14N2O2. The molecule has 104 valence electrons. The Morgan fingerprint density at radius 1 is 1.05 bits per heavy atom. The Morgan fingerprint density at radius 3 is 2.43 bits per heavy atom. The number of carbonyl (C=O) groups is 1. The van der Waals surface area contributed by atoms with Gasteiger partial charge in [0.2, 0.25) is 11.8 Å². The molecule has 2 aromatic carbocycles. The van der Waals surface area contributed by atoms with Crippen LogP contribution >= 0.6 is 0 Å². The van der Waals surface area contributed by atoms with E-state index in [1.165, 1.54) is 6.08 Å². The minimum Gasteiger partial charge on any atom is -0.471 e. The van der Waals surface area contributed by atoms with Gasteiger partial charge in [-0.15, -0.1) is 0 Å². The second-order valence-electron chi connectivity index (χ2n) is 4.56. The Bertz CT molecular complexity index is 691. The van der Waals surface area contributed by atoms with Crippen molar-refractivity contribution in [2.24, 2.45) is 4.99 Å². The number of benzene rings is 2. The molecule has 1 aliphatic heterocycles. The van der Waals surface area contributed by atoms with E-state index >= 15 is 0 Å². The molecule has 0 spiro atoms.